The summed E-state index contributed by atoms with van der Waals surface area (Å²) in [4.78, 5) is 0. The van der Waals surface area contributed by atoms with Gasteiger partial charge in [-0.2, -0.15) is 0 Å². The Bertz CT molecular complexity index is 326. The lowest BCUT2D eigenvalue weighted by molar-refractivity contribution is 0.184. The summed E-state index contributed by atoms with van der Waals surface area (Å²) in [5, 5.41) is 18.6. The zero-order valence-electron chi connectivity index (χ0n) is 6.84. The van der Waals surface area contributed by atoms with Gasteiger partial charge >= 0.3 is 0 Å². The summed E-state index contributed by atoms with van der Waals surface area (Å²) >= 11 is 6.41. The first-order valence-electron chi connectivity index (χ1n) is 3.45. The molecule has 0 fully saturated rings. The SMILES string of the molecule is COCc1cc(O)c(O)c(Br)c1Br. The molecule has 0 aliphatic carbocycles. The van der Waals surface area contributed by atoms with E-state index in [1.54, 1.807) is 7.11 Å². The first-order valence-corrected chi connectivity index (χ1v) is 5.04. The molecule has 0 saturated heterocycles. The molecule has 0 atom stereocenters. The number of ether oxygens (including phenoxy) is 1. The van der Waals surface area contributed by atoms with Gasteiger partial charge in [-0.15, -0.1) is 0 Å². The average Bonchev–Trinajstić information content (AvgIpc) is 2.11. The molecule has 1 aromatic rings. The number of aromatic hydroxyl groups is 2. The summed E-state index contributed by atoms with van der Waals surface area (Å²) in [6, 6.07) is 1.45. The lowest BCUT2D eigenvalue weighted by Crippen LogP contribution is -1.90. The normalized spacial score (nSPS) is 10.4. The Morgan fingerprint density at radius 1 is 1.31 bits per heavy atom. The highest BCUT2D eigenvalue weighted by Gasteiger charge is 2.12. The lowest BCUT2D eigenvalue weighted by atomic mass is 10.2. The quantitative estimate of drug-likeness (QED) is 0.826. The lowest BCUT2D eigenvalue weighted by Gasteiger charge is -2.08. The van der Waals surface area contributed by atoms with Gasteiger partial charge in [-0.3, -0.25) is 0 Å². The molecule has 13 heavy (non-hydrogen) atoms. The molecule has 2 N–H and O–H groups in total. The van der Waals surface area contributed by atoms with E-state index < -0.39 is 0 Å². The van der Waals surface area contributed by atoms with E-state index in [1.165, 1.54) is 6.07 Å². The fraction of sp³-hybridized carbons (Fsp3) is 0.250. The summed E-state index contributed by atoms with van der Waals surface area (Å²) < 4.78 is 6.03. The number of benzene rings is 1. The molecule has 0 heterocycles. The van der Waals surface area contributed by atoms with Gasteiger partial charge in [0, 0.05) is 11.6 Å². The standard InChI is InChI=1S/C8H8Br2O3/c1-13-3-4-2-5(11)8(12)7(10)6(4)9/h2,11-12H,3H2,1H3. The van der Waals surface area contributed by atoms with Gasteiger partial charge in [-0.1, -0.05) is 0 Å². The van der Waals surface area contributed by atoms with Gasteiger partial charge in [0.2, 0.25) is 0 Å². The first kappa shape index (κ1) is 10.8. The fourth-order valence-electron chi connectivity index (χ4n) is 0.915. The van der Waals surface area contributed by atoms with Crippen molar-refractivity contribution in [3.8, 4) is 11.5 Å². The van der Waals surface area contributed by atoms with E-state index in [0.717, 1.165) is 5.56 Å². The van der Waals surface area contributed by atoms with Gasteiger partial charge < -0.3 is 14.9 Å². The minimum atomic E-state index is -0.174. The Labute approximate surface area is 92.6 Å². The molecule has 0 aromatic heterocycles. The van der Waals surface area contributed by atoms with Crippen LogP contribution in [-0.2, 0) is 11.3 Å². The highest BCUT2D eigenvalue weighted by atomic mass is 79.9. The first-order chi connectivity index (χ1) is 6.07. The fourth-order valence-corrected chi connectivity index (χ4v) is 1.79. The third kappa shape index (κ3) is 2.15. The van der Waals surface area contributed by atoms with Crippen LogP contribution in [0.2, 0.25) is 0 Å². The molecular formula is C8H8Br2O3. The number of phenols is 2. The van der Waals surface area contributed by atoms with Gasteiger partial charge in [0.15, 0.2) is 11.5 Å². The third-order valence-corrected chi connectivity index (χ3v) is 3.75. The van der Waals surface area contributed by atoms with E-state index in [0.29, 0.717) is 15.6 Å². The molecule has 0 radical (unpaired) electrons. The van der Waals surface area contributed by atoms with Gasteiger partial charge in [-0.25, -0.2) is 0 Å². The van der Waals surface area contributed by atoms with Gasteiger partial charge in [-0.05, 0) is 43.5 Å². The largest absolute Gasteiger partial charge is 0.504 e. The number of halogens is 2. The summed E-state index contributed by atoms with van der Waals surface area (Å²) in [6.45, 7) is 0.368. The number of rotatable bonds is 2. The van der Waals surface area contributed by atoms with Crippen LogP contribution in [0.4, 0.5) is 0 Å². The maximum Gasteiger partial charge on any atom is 0.173 e. The molecule has 1 rings (SSSR count). The summed E-state index contributed by atoms with van der Waals surface area (Å²) in [7, 11) is 1.56. The number of methoxy groups -OCH3 is 1. The van der Waals surface area contributed by atoms with E-state index in [4.69, 9.17) is 4.74 Å². The Kier molecular flexibility index (Phi) is 3.58. The van der Waals surface area contributed by atoms with Crippen LogP contribution >= 0.6 is 31.9 Å². The molecule has 0 spiro atoms. The molecule has 0 bridgehead atoms. The van der Waals surface area contributed by atoms with Crippen molar-refractivity contribution in [1.29, 1.82) is 0 Å². The molecule has 0 aliphatic rings. The molecule has 0 unspecified atom stereocenters. The van der Waals surface area contributed by atoms with E-state index in [1.807, 2.05) is 0 Å². The average molecular weight is 312 g/mol. The number of hydrogen-bond donors (Lipinski definition) is 2. The van der Waals surface area contributed by atoms with Crippen LogP contribution < -0.4 is 0 Å². The van der Waals surface area contributed by atoms with E-state index in [9.17, 15) is 10.2 Å². The second-order valence-corrected chi connectivity index (χ2v) is 4.05. The number of hydrogen-bond acceptors (Lipinski definition) is 3. The minimum Gasteiger partial charge on any atom is -0.504 e. The van der Waals surface area contributed by atoms with Crippen LogP contribution in [0.1, 0.15) is 5.56 Å². The van der Waals surface area contributed by atoms with Crippen molar-refractivity contribution < 1.29 is 14.9 Å². The van der Waals surface area contributed by atoms with Crippen LogP contribution in [0.15, 0.2) is 15.0 Å². The minimum absolute atomic E-state index is 0.165. The van der Waals surface area contributed by atoms with E-state index >= 15 is 0 Å². The summed E-state index contributed by atoms with van der Waals surface area (Å²) in [5.41, 5.74) is 0.768. The predicted octanol–water partition coefficient (Wildman–Crippen LogP) is 2.77. The van der Waals surface area contributed by atoms with Crippen molar-refractivity contribution in [3.63, 3.8) is 0 Å². The van der Waals surface area contributed by atoms with Crippen molar-refractivity contribution in [2.75, 3.05) is 7.11 Å². The maximum absolute atomic E-state index is 9.31. The molecule has 0 aliphatic heterocycles. The monoisotopic (exact) mass is 310 g/mol. The third-order valence-electron chi connectivity index (χ3n) is 1.54. The van der Waals surface area contributed by atoms with Gasteiger partial charge in [0.25, 0.3) is 0 Å². The second-order valence-electron chi connectivity index (χ2n) is 2.46. The van der Waals surface area contributed by atoms with Crippen molar-refractivity contribution in [3.05, 3.63) is 20.6 Å². The molecular weight excluding hydrogens is 304 g/mol. The smallest absolute Gasteiger partial charge is 0.173 e. The van der Waals surface area contributed by atoms with Crippen molar-refractivity contribution in [2.45, 2.75) is 6.61 Å². The second kappa shape index (κ2) is 4.30. The van der Waals surface area contributed by atoms with Crippen molar-refractivity contribution in [2.24, 2.45) is 0 Å². The van der Waals surface area contributed by atoms with E-state index in [2.05, 4.69) is 31.9 Å². The number of phenolic OH excluding ortho intramolecular Hbond substituents is 2. The molecule has 72 valence electrons. The highest BCUT2D eigenvalue weighted by molar-refractivity contribution is 9.13. The van der Waals surface area contributed by atoms with Gasteiger partial charge in [0.1, 0.15) is 0 Å². The van der Waals surface area contributed by atoms with Crippen molar-refractivity contribution in [1.82, 2.24) is 0 Å². The topological polar surface area (TPSA) is 49.7 Å². The Balaban J connectivity index is 3.24. The molecule has 0 amide bonds. The summed E-state index contributed by atoms with van der Waals surface area (Å²) in [6.07, 6.45) is 0. The predicted molar refractivity (Wildman–Crippen MR) is 55.9 cm³/mol. The zero-order chi connectivity index (χ0) is 10.0. The van der Waals surface area contributed by atoms with Gasteiger partial charge in [0.05, 0.1) is 11.1 Å². The Morgan fingerprint density at radius 2 is 1.92 bits per heavy atom. The highest BCUT2D eigenvalue weighted by Crippen LogP contribution is 2.41. The zero-order valence-corrected chi connectivity index (χ0v) is 10.0. The van der Waals surface area contributed by atoms with Crippen molar-refractivity contribution >= 4 is 31.9 Å². The van der Waals surface area contributed by atoms with Crippen LogP contribution in [0, 0.1) is 0 Å². The van der Waals surface area contributed by atoms with Crippen LogP contribution in [0.5, 0.6) is 11.5 Å². The molecule has 0 saturated carbocycles. The Hall–Kier alpha value is -0.260. The Morgan fingerprint density at radius 3 is 2.46 bits per heavy atom. The molecule has 1 aromatic carbocycles. The van der Waals surface area contributed by atoms with Crippen LogP contribution in [0.3, 0.4) is 0 Å². The summed E-state index contributed by atoms with van der Waals surface area (Å²) in [5.74, 6) is -0.339. The van der Waals surface area contributed by atoms with Crippen LogP contribution in [0.25, 0.3) is 0 Å². The van der Waals surface area contributed by atoms with Crippen LogP contribution in [-0.4, -0.2) is 17.3 Å². The molecule has 5 heteroatoms. The molecule has 3 nitrogen and oxygen atoms in total. The van der Waals surface area contributed by atoms with E-state index in [-0.39, 0.29) is 11.5 Å². The maximum atomic E-state index is 9.31.